The Kier molecular flexibility index (Phi) is 3.19. The molecule has 0 bridgehead atoms. The number of carboxylic acids is 1. The maximum Gasteiger partial charge on any atom is 0.339 e. The van der Waals surface area contributed by atoms with Crippen molar-refractivity contribution >= 4 is 11.9 Å². The van der Waals surface area contributed by atoms with Crippen molar-refractivity contribution in [2.24, 2.45) is 0 Å². The molecule has 74 valence electrons. The van der Waals surface area contributed by atoms with Crippen molar-refractivity contribution in [2.75, 3.05) is 6.61 Å². The number of ether oxygens (including phenoxy) is 1. The number of rotatable bonds is 3. The third-order valence-electron chi connectivity index (χ3n) is 1.47. The van der Waals surface area contributed by atoms with Crippen LogP contribution in [0.25, 0.3) is 0 Å². The predicted octanol–water partition coefficient (Wildman–Crippen LogP) is 0.283. The van der Waals surface area contributed by atoms with E-state index in [1.807, 2.05) is 0 Å². The molecule has 0 aromatic heterocycles. The number of benzene rings is 1. The van der Waals surface area contributed by atoms with Crippen molar-refractivity contribution < 1.29 is 24.5 Å². The summed E-state index contributed by atoms with van der Waals surface area (Å²) >= 11 is 0. The van der Waals surface area contributed by atoms with Crippen LogP contribution in [0.15, 0.2) is 24.3 Å². The molecule has 0 unspecified atom stereocenters. The second kappa shape index (κ2) is 4.38. The molecule has 0 saturated heterocycles. The second-order valence-electron chi connectivity index (χ2n) is 2.43. The Bertz CT molecular complexity index is 358. The molecule has 0 amide bonds. The van der Waals surface area contributed by atoms with Crippen molar-refractivity contribution in [1.82, 2.24) is 0 Å². The van der Waals surface area contributed by atoms with E-state index in [9.17, 15) is 9.59 Å². The minimum atomic E-state index is -1.19. The van der Waals surface area contributed by atoms with Gasteiger partial charge in [-0.3, -0.25) is 0 Å². The first-order valence-electron chi connectivity index (χ1n) is 3.79. The SMILES string of the molecule is O=C(CO)Oc1ccccc1C(=O)O. The number of hydrogen-bond acceptors (Lipinski definition) is 4. The van der Waals surface area contributed by atoms with E-state index in [4.69, 9.17) is 10.2 Å². The van der Waals surface area contributed by atoms with Gasteiger partial charge in [-0.2, -0.15) is 0 Å². The lowest BCUT2D eigenvalue weighted by atomic mass is 10.2. The zero-order valence-electron chi connectivity index (χ0n) is 7.14. The molecule has 0 heterocycles. The Morgan fingerprint density at radius 2 is 1.93 bits per heavy atom. The zero-order chi connectivity index (χ0) is 10.6. The number of hydrogen-bond donors (Lipinski definition) is 2. The van der Waals surface area contributed by atoms with Gasteiger partial charge >= 0.3 is 11.9 Å². The van der Waals surface area contributed by atoms with Crippen LogP contribution in [0.3, 0.4) is 0 Å². The first-order chi connectivity index (χ1) is 6.65. The van der Waals surface area contributed by atoms with Crippen molar-refractivity contribution in [2.45, 2.75) is 0 Å². The molecule has 0 radical (unpaired) electrons. The quantitative estimate of drug-likeness (QED) is 0.536. The average Bonchev–Trinajstić information content (AvgIpc) is 2.18. The number of para-hydroxylation sites is 1. The largest absolute Gasteiger partial charge is 0.478 e. The van der Waals surface area contributed by atoms with Gasteiger partial charge in [-0.1, -0.05) is 12.1 Å². The molecule has 0 saturated carbocycles. The minimum absolute atomic E-state index is 0.0703. The van der Waals surface area contributed by atoms with Crippen LogP contribution in [0.4, 0.5) is 0 Å². The molecule has 0 fully saturated rings. The highest BCUT2D eigenvalue weighted by Gasteiger charge is 2.12. The maximum atomic E-state index is 10.7. The fourth-order valence-corrected chi connectivity index (χ4v) is 0.887. The summed E-state index contributed by atoms with van der Waals surface area (Å²) < 4.78 is 4.59. The lowest BCUT2D eigenvalue weighted by Gasteiger charge is -2.04. The van der Waals surface area contributed by atoms with Crippen LogP contribution in [0.2, 0.25) is 0 Å². The van der Waals surface area contributed by atoms with Gasteiger partial charge in [-0.25, -0.2) is 9.59 Å². The summed E-state index contributed by atoms with van der Waals surface area (Å²) in [5.74, 6) is -2.15. The smallest absolute Gasteiger partial charge is 0.339 e. The fraction of sp³-hybridized carbons (Fsp3) is 0.111. The highest BCUT2D eigenvalue weighted by atomic mass is 16.5. The van der Waals surface area contributed by atoms with Gasteiger partial charge < -0.3 is 14.9 Å². The molecule has 5 heteroatoms. The number of aromatic carboxylic acids is 1. The first kappa shape index (κ1) is 10.2. The van der Waals surface area contributed by atoms with Gasteiger partial charge in [0.1, 0.15) is 17.9 Å². The highest BCUT2D eigenvalue weighted by molar-refractivity contribution is 5.92. The molecule has 0 aliphatic carbocycles. The lowest BCUT2D eigenvalue weighted by Crippen LogP contribution is -2.14. The second-order valence-corrected chi connectivity index (χ2v) is 2.43. The van der Waals surface area contributed by atoms with Crippen LogP contribution < -0.4 is 4.74 Å². The van der Waals surface area contributed by atoms with Gasteiger partial charge in [0.25, 0.3) is 0 Å². The van der Waals surface area contributed by atoms with Crippen LogP contribution in [-0.2, 0) is 4.79 Å². The summed E-state index contributed by atoms with van der Waals surface area (Å²) in [5.41, 5.74) is -0.116. The molecule has 1 aromatic carbocycles. The van der Waals surface area contributed by atoms with Gasteiger partial charge in [-0.05, 0) is 12.1 Å². The van der Waals surface area contributed by atoms with Crippen LogP contribution >= 0.6 is 0 Å². The monoisotopic (exact) mass is 196 g/mol. The minimum Gasteiger partial charge on any atom is -0.478 e. The number of carboxylic acid groups (broad SMARTS) is 1. The molecule has 14 heavy (non-hydrogen) atoms. The van der Waals surface area contributed by atoms with Gasteiger partial charge in [0.15, 0.2) is 0 Å². The van der Waals surface area contributed by atoms with Gasteiger partial charge in [0.05, 0.1) is 0 Å². The Morgan fingerprint density at radius 1 is 1.29 bits per heavy atom. The molecule has 0 aliphatic rings. The Balaban J connectivity index is 2.95. The van der Waals surface area contributed by atoms with Crippen LogP contribution in [0, 0.1) is 0 Å². The molecule has 0 atom stereocenters. The molecule has 5 nitrogen and oxygen atoms in total. The summed E-state index contributed by atoms with van der Waals surface area (Å²) in [7, 11) is 0. The van der Waals surface area contributed by atoms with Gasteiger partial charge in [0, 0.05) is 0 Å². The van der Waals surface area contributed by atoms with Crippen molar-refractivity contribution in [3.63, 3.8) is 0 Å². The highest BCUT2D eigenvalue weighted by Crippen LogP contribution is 2.17. The van der Waals surface area contributed by atoms with Gasteiger partial charge in [0.2, 0.25) is 0 Å². The van der Waals surface area contributed by atoms with E-state index in [1.165, 1.54) is 24.3 Å². The van der Waals surface area contributed by atoms with Crippen molar-refractivity contribution in [1.29, 1.82) is 0 Å². The number of aliphatic hydroxyl groups is 1. The molecule has 1 rings (SSSR count). The first-order valence-corrected chi connectivity index (χ1v) is 3.79. The van der Waals surface area contributed by atoms with Crippen LogP contribution in [-0.4, -0.2) is 28.8 Å². The van der Waals surface area contributed by atoms with E-state index in [2.05, 4.69) is 4.74 Å². The Hall–Kier alpha value is -1.88. The van der Waals surface area contributed by atoms with Crippen LogP contribution in [0.5, 0.6) is 5.75 Å². The van der Waals surface area contributed by atoms with E-state index in [-0.39, 0.29) is 11.3 Å². The Morgan fingerprint density at radius 3 is 2.50 bits per heavy atom. The Labute approximate surface area is 79.6 Å². The summed E-state index contributed by atoms with van der Waals surface area (Å²) in [6, 6.07) is 5.70. The molecule has 1 aromatic rings. The number of aliphatic hydroxyl groups excluding tert-OH is 1. The summed E-state index contributed by atoms with van der Waals surface area (Å²) in [6.45, 7) is -0.784. The average molecular weight is 196 g/mol. The summed E-state index contributed by atoms with van der Waals surface area (Å²) in [4.78, 5) is 21.3. The van der Waals surface area contributed by atoms with Gasteiger partial charge in [-0.15, -0.1) is 0 Å². The molecule has 0 spiro atoms. The van der Waals surface area contributed by atoms with Crippen LogP contribution in [0.1, 0.15) is 10.4 Å². The fourth-order valence-electron chi connectivity index (χ4n) is 0.887. The third-order valence-corrected chi connectivity index (χ3v) is 1.47. The van der Waals surface area contributed by atoms with E-state index in [0.29, 0.717) is 0 Å². The van der Waals surface area contributed by atoms with E-state index in [1.54, 1.807) is 0 Å². The molecule has 0 aliphatic heterocycles. The maximum absolute atomic E-state index is 10.7. The zero-order valence-corrected chi connectivity index (χ0v) is 7.14. The van der Waals surface area contributed by atoms with E-state index in [0.717, 1.165) is 0 Å². The molecule has 2 N–H and O–H groups in total. The standard InChI is InChI=1S/C9H8O5/c10-5-8(11)14-7-4-2-1-3-6(7)9(12)13/h1-4,10H,5H2,(H,12,13). The summed E-state index contributed by atoms with van der Waals surface area (Å²) in [5, 5.41) is 17.1. The van der Waals surface area contributed by atoms with Crippen molar-refractivity contribution in [3.8, 4) is 5.75 Å². The lowest BCUT2D eigenvalue weighted by molar-refractivity contribution is -0.137. The number of esters is 1. The number of carbonyl (C=O) groups excluding carboxylic acids is 1. The topological polar surface area (TPSA) is 83.8 Å². The molecular formula is C9H8O5. The van der Waals surface area contributed by atoms with E-state index < -0.39 is 18.5 Å². The number of carbonyl (C=O) groups is 2. The van der Waals surface area contributed by atoms with E-state index >= 15 is 0 Å². The normalized spacial score (nSPS) is 9.50. The predicted molar refractivity (Wildman–Crippen MR) is 46.1 cm³/mol. The third kappa shape index (κ3) is 2.30. The molecular weight excluding hydrogens is 188 g/mol. The summed E-state index contributed by atoms with van der Waals surface area (Å²) in [6.07, 6.45) is 0. The van der Waals surface area contributed by atoms with Crippen molar-refractivity contribution in [3.05, 3.63) is 29.8 Å².